The highest BCUT2D eigenvalue weighted by atomic mass is 32.1. The van der Waals surface area contributed by atoms with Crippen molar-refractivity contribution in [2.45, 2.75) is 51.5 Å². The van der Waals surface area contributed by atoms with Gasteiger partial charge in [-0.25, -0.2) is 4.79 Å². The lowest BCUT2D eigenvalue weighted by molar-refractivity contribution is -0.124. The highest BCUT2D eigenvalue weighted by Gasteiger charge is 2.43. The molecule has 0 saturated carbocycles. The van der Waals surface area contributed by atoms with Crippen molar-refractivity contribution in [2.24, 2.45) is 0 Å². The van der Waals surface area contributed by atoms with E-state index in [1.807, 2.05) is 35.2 Å². The molecule has 1 unspecified atom stereocenters. The molecule has 1 heterocycles. The minimum absolute atomic E-state index is 0.0178. The predicted molar refractivity (Wildman–Crippen MR) is 137 cm³/mol. The Labute approximate surface area is 206 Å². The van der Waals surface area contributed by atoms with Gasteiger partial charge in [0.05, 0.1) is 24.8 Å². The Kier molecular flexibility index (Phi) is 9.16. The molecule has 1 aliphatic rings. The number of carbonyl (C=O) groups is 3. The van der Waals surface area contributed by atoms with Gasteiger partial charge in [-0.05, 0) is 55.0 Å². The number of hydrogen-bond acceptors (Lipinski definition) is 5. The van der Waals surface area contributed by atoms with Crippen molar-refractivity contribution >= 4 is 46.5 Å². The molecular weight excluding hydrogens is 450 g/mol. The second-order valence-electron chi connectivity index (χ2n) is 8.24. The molecule has 0 radical (unpaired) electrons. The predicted octanol–water partition coefficient (Wildman–Crippen LogP) is 4.77. The fraction of sp³-hybridized carbons (Fsp3) is 0.385. The number of nitrogens with zero attached hydrogens (tertiary/aromatic N) is 2. The maximum Gasteiger partial charge on any atom is 0.337 e. The van der Waals surface area contributed by atoms with E-state index >= 15 is 0 Å². The number of amides is 2. The average Bonchev–Trinajstić information content (AvgIpc) is 3.08. The van der Waals surface area contributed by atoms with E-state index in [0.717, 1.165) is 25.7 Å². The second kappa shape index (κ2) is 12.3. The maximum absolute atomic E-state index is 13.4. The molecule has 1 N–H and O–H groups in total. The first-order valence-corrected chi connectivity index (χ1v) is 12.0. The Morgan fingerprint density at radius 3 is 2.32 bits per heavy atom. The molecular formula is C26H31N3O4S. The summed E-state index contributed by atoms with van der Waals surface area (Å²) >= 11 is 5.69. The number of anilines is 2. The van der Waals surface area contributed by atoms with E-state index in [0.29, 0.717) is 28.6 Å². The van der Waals surface area contributed by atoms with Crippen molar-refractivity contribution in [3.05, 3.63) is 60.2 Å². The van der Waals surface area contributed by atoms with E-state index in [2.05, 4.69) is 12.2 Å². The third kappa shape index (κ3) is 6.20. The van der Waals surface area contributed by atoms with Crippen molar-refractivity contribution < 1.29 is 19.1 Å². The summed E-state index contributed by atoms with van der Waals surface area (Å²) in [5.41, 5.74) is 1.64. The molecule has 2 aromatic rings. The molecule has 1 saturated heterocycles. The van der Waals surface area contributed by atoms with Crippen molar-refractivity contribution in [2.75, 3.05) is 23.9 Å². The molecule has 3 rings (SSSR count). The van der Waals surface area contributed by atoms with Crippen LogP contribution in [0.4, 0.5) is 11.4 Å². The van der Waals surface area contributed by atoms with Gasteiger partial charge in [0, 0.05) is 12.2 Å². The topological polar surface area (TPSA) is 79.0 Å². The van der Waals surface area contributed by atoms with Crippen LogP contribution in [0.5, 0.6) is 0 Å². The number of esters is 1. The zero-order valence-corrected chi connectivity index (χ0v) is 20.5. The molecule has 180 valence electrons. The van der Waals surface area contributed by atoms with E-state index in [4.69, 9.17) is 17.0 Å². The van der Waals surface area contributed by atoms with Gasteiger partial charge in [0.25, 0.3) is 5.91 Å². The fourth-order valence-electron chi connectivity index (χ4n) is 3.98. The van der Waals surface area contributed by atoms with Crippen molar-refractivity contribution in [3.8, 4) is 0 Å². The molecule has 8 heteroatoms. The minimum atomic E-state index is -0.659. The average molecular weight is 482 g/mol. The van der Waals surface area contributed by atoms with Gasteiger partial charge in [0.1, 0.15) is 6.04 Å². The number of rotatable bonds is 11. The Hall–Kier alpha value is -3.26. The number of unbranched alkanes of at least 4 members (excludes halogenated alkanes) is 4. The van der Waals surface area contributed by atoms with Crippen LogP contribution in [0, 0.1) is 0 Å². The number of benzene rings is 2. The Morgan fingerprint density at radius 2 is 1.68 bits per heavy atom. The number of methoxy groups -OCH3 is 1. The van der Waals surface area contributed by atoms with Crippen LogP contribution in [-0.4, -0.2) is 47.5 Å². The van der Waals surface area contributed by atoms with Crippen LogP contribution >= 0.6 is 12.2 Å². The zero-order valence-electron chi connectivity index (χ0n) is 19.7. The molecule has 1 atom stereocenters. The van der Waals surface area contributed by atoms with Gasteiger partial charge in [0.15, 0.2) is 5.11 Å². The quantitative estimate of drug-likeness (QED) is 0.283. The van der Waals surface area contributed by atoms with Crippen LogP contribution < -0.4 is 10.2 Å². The van der Waals surface area contributed by atoms with Crippen LogP contribution in [0.15, 0.2) is 54.6 Å². The van der Waals surface area contributed by atoms with Crippen molar-refractivity contribution in [1.29, 1.82) is 0 Å². The number of hydrogen-bond donors (Lipinski definition) is 1. The van der Waals surface area contributed by atoms with Gasteiger partial charge in [0.2, 0.25) is 5.91 Å². The molecule has 0 aromatic heterocycles. The largest absolute Gasteiger partial charge is 0.465 e. The van der Waals surface area contributed by atoms with Gasteiger partial charge < -0.3 is 15.0 Å². The van der Waals surface area contributed by atoms with Crippen LogP contribution in [0.2, 0.25) is 0 Å². The number of nitrogens with one attached hydrogen (secondary N) is 1. The lowest BCUT2D eigenvalue weighted by Gasteiger charge is -2.24. The van der Waals surface area contributed by atoms with Crippen LogP contribution in [0.25, 0.3) is 0 Å². The van der Waals surface area contributed by atoms with Gasteiger partial charge >= 0.3 is 5.97 Å². The zero-order chi connectivity index (χ0) is 24.5. The summed E-state index contributed by atoms with van der Waals surface area (Å²) in [7, 11) is 1.31. The minimum Gasteiger partial charge on any atom is -0.465 e. The summed E-state index contributed by atoms with van der Waals surface area (Å²) in [4.78, 5) is 41.2. The van der Waals surface area contributed by atoms with Crippen molar-refractivity contribution in [3.63, 3.8) is 0 Å². The number of carbonyl (C=O) groups excluding carboxylic acids is 3. The number of ether oxygens (including phenoxy) is 1. The molecule has 0 bridgehead atoms. The number of para-hydroxylation sites is 1. The summed E-state index contributed by atoms with van der Waals surface area (Å²) in [5, 5.41) is 3.25. The van der Waals surface area contributed by atoms with Crippen LogP contribution in [0.1, 0.15) is 55.8 Å². The first kappa shape index (κ1) is 25.4. The smallest absolute Gasteiger partial charge is 0.337 e. The van der Waals surface area contributed by atoms with Gasteiger partial charge in [-0.1, -0.05) is 50.8 Å². The summed E-state index contributed by atoms with van der Waals surface area (Å²) in [5.74, 6) is -0.933. The molecule has 2 amide bonds. The summed E-state index contributed by atoms with van der Waals surface area (Å²) < 4.78 is 4.69. The van der Waals surface area contributed by atoms with E-state index in [-0.39, 0.29) is 18.2 Å². The van der Waals surface area contributed by atoms with Gasteiger partial charge in [-0.15, -0.1) is 0 Å². The van der Waals surface area contributed by atoms with E-state index in [1.165, 1.54) is 18.4 Å². The molecule has 34 heavy (non-hydrogen) atoms. The molecule has 1 fully saturated rings. The highest BCUT2D eigenvalue weighted by molar-refractivity contribution is 7.80. The van der Waals surface area contributed by atoms with Crippen LogP contribution in [0.3, 0.4) is 0 Å². The van der Waals surface area contributed by atoms with Crippen LogP contribution in [-0.2, 0) is 14.3 Å². The maximum atomic E-state index is 13.4. The molecule has 0 spiro atoms. The molecule has 1 aliphatic heterocycles. The third-order valence-electron chi connectivity index (χ3n) is 5.80. The Balaban J connectivity index is 1.71. The lowest BCUT2D eigenvalue weighted by atomic mass is 10.1. The summed E-state index contributed by atoms with van der Waals surface area (Å²) in [6, 6.07) is 15.1. The molecule has 0 aliphatic carbocycles. The molecule has 7 nitrogen and oxygen atoms in total. The first-order valence-electron chi connectivity index (χ1n) is 11.6. The SMILES string of the molecule is CCCCCCCN1C(=S)N(c2ccccc2)C(=O)C1CC(=O)Nc1ccc(C(=O)OC)cc1. The van der Waals surface area contributed by atoms with E-state index in [9.17, 15) is 14.4 Å². The van der Waals surface area contributed by atoms with E-state index in [1.54, 1.807) is 24.3 Å². The monoisotopic (exact) mass is 481 g/mol. The van der Waals surface area contributed by atoms with Gasteiger partial charge in [-0.2, -0.15) is 0 Å². The summed E-state index contributed by atoms with van der Waals surface area (Å²) in [6.07, 6.45) is 5.42. The third-order valence-corrected chi connectivity index (χ3v) is 6.22. The van der Waals surface area contributed by atoms with Crippen molar-refractivity contribution in [1.82, 2.24) is 4.90 Å². The normalized spacial score (nSPS) is 15.5. The fourth-order valence-corrected chi connectivity index (χ4v) is 4.40. The van der Waals surface area contributed by atoms with Gasteiger partial charge in [-0.3, -0.25) is 14.5 Å². The Bertz CT molecular complexity index is 1010. The standard InChI is InChI=1S/C26H31N3O4S/c1-3-4-5-6-10-17-28-22(24(31)29(26(28)34)21-11-8-7-9-12-21)18-23(30)27-20-15-13-19(14-16-20)25(32)33-2/h7-9,11-16,22H,3-6,10,17-18H2,1-2H3,(H,27,30). The Morgan fingerprint density at radius 1 is 1.00 bits per heavy atom. The summed E-state index contributed by atoms with van der Waals surface area (Å²) in [6.45, 7) is 2.80. The highest BCUT2D eigenvalue weighted by Crippen LogP contribution is 2.28. The number of thiocarbonyl (C=S) groups is 1. The second-order valence-corrected chi connectivity index (χ2v) is 8.60. The lowest BCUT2D eigenvalue weighted by Crippen LogP contribution is -2.38. The van der Waals surface area contributed by atoms with E-state index < -0.39 is 12.0 Å². The molecule has 2 aromatic carbocycles. The first-order chi connectivity index (χ1) is 16.5.